The molecular formula is C16H26N2. The zero-order valence-electron chi connectivity index (χ0n) is 11.8. The minimum atomic E-state index is 0.174. The van der Waals surface area contributed by atoms with Crippen LogP contribution < -0.4 is 5.73 Å². The number of hydrogen-bond acceptors (Lipinski definition) is 2. The highest BCUT2D eigenvalue weighted by Gasteiger charge is 2.30. The molecule has 2 heteroatoms. The van der Waals surface area contributed by atoms with E-state index in [1.165, 1.54) is 25.1 Å². The topological polar surface area (TPSA) is 29.3 Å². The molecule has 0 radical (unpaired) electrons. The summed E-state index contributed by atoms with van der Waals surface area (Å²) in [6, 6.07) is 11.2. The second kappa shape index (κ2) is 5.85. The van der Waals surface area contributed by atoms with E-state index in [2.05, 4.69) is 56.0 Å². The molecule has 0 aromatic heterocycles. The number of piperidine rings is 1. The Morgan fingerprint density at radius 3 is 2.39 bits per heavy atom. The van der Waals surface area contributed by atoms with Crippen molar-refractivity contribution < 1.29 is 0 Å². The average molecular weight is 246 g/mol. The van der Waals surface area contributed by atoms with Gasteiger partial charge in [0.05, 0.1) is 0 Å². The third-order valence-electron chi connectivity index (χ3n) is 4.40. The van der Waals surface area contributed by atoms with Crippen LogP contribution in [0.2, 0.25) is 0 Å². The molecule has 2 N–H and O–H groups in total. The predicted molar refractivity (Wildman–Crippen MR) is 77.4 cm³/mol. The van der Waals surface area contributed by atoms with Gasteiger partial charge in [-0.05, 0) is 37.3 Å². The summed E-state index contributed by atoms with van der Waals surface area (Å²) in [4.78, 5) is 2.57. The van der Waals surface area contributed by atoms with Gasteiger partial charge in [0, 0.05) is 18.6 Å². The Balaban J connectivity index is 2.16. The van der Waals surface area contributed by atoms with Crippen molar-refractivity contribution in [1.82, 2.24) is 4.90 Å². The maximum Gasteiger partial charge on any atom is 0.0496 e. The first-order valence-electron chi connectivity index (χ1n) is 7.14. The summed E-state index contributed by atoms with van der Waals surface area (Å²) in [6.07, 6.45) is 1.29. The second-order valence-electron chi connectivity index (χ2n) is 5.95. The van der Waals surface area contributed by atoms with E-state index in [0.29, 0.717) is 6.04 Å². The fourth-order valence-electron chi connectivity index (χ4n) is 3.04. The monoisotopic (exact) mass is 246 g/mol. The van der Waals surface area contributed by atoms with Gasteiger partial charge in [0.2, 0.25) is 0 Å². The molecule has 1 aromatic carbocycles. The van der Waals surface area contributed by atoms with E-state index in [0.717, 1.165) is 11.8 Å². The van der Waals surface area contributed by atoms with Crippen LogP contribution in [0.4, 0.5) is 0 Å². The first kappa shape index (κ1) is 13.6. The van der Waals surface area contributed by atoms with Crippen LogP contribution >= 0.6 is 0 Å². The van der Waals surface area contributed by atoms with E-state index in [9.17, 15) is 0 Å². The van der Waals surface area contributed by atoms with E-state index in [4.69, 9.17) is 5.73 Å². The van der Waals surface area contributed by atoms with Crippen LogP contribution in [0.15, 0.2) is 30.3 Å². The van der Waals surface area contributed by atoms with Gasteiger partial charge in [-0.1, -0.05) is 44.2 Å². The molecule has 18 heavy (non-hydrogen) atoms. The van der Waals surface area contributed by atoms with Crippen LogP contribution in [0, 0.1) is 11.8 Å². The van der Waals surface area contributed by atoms with Gasteiger partial charge < -0.3 is 5.73 Å². The number of nitrogens with two attached hydrogens (primary N) is 1. The average Bonchev–Trinajstić information content (AvgIpc) is 2.35. The summed E-state index contributed by atoms with van der Waals surface area (Å²) in [6.45, 7) is 9.20. The molecule has 4 unspecified atom stereocenters. The molecule has 1 heterocycles. The van der Waals surface area contributed by atoms with Crippen molar-refractivity contribution in [1.29, 1.82) is 0 Å². The van der Waals surface area contributed by atoms with E-state index in [1.807, 2.05) is 0 Å². The third-order valence-corrected chi connectivity index (χ3v) is 4.40. The van der Waals surface area contributed by atoms with Crippen molar-refractivity contribution in [2.75, 3.05) is 13.1 Å². The summed E-state index contributed by atoms with van der Waals surface area (Å²) in [5.41, 5.74) is 7.59. The van der Waals surface area contributed by atoms with Crippen molar-refractivity contribution in [2.45, 2.75) is 39.3 Å². The molecule has 0 aliphatic carbocycles. The van der Waals surface area contributed by atoms with Crippen molar-refractivity contribution in [3.8, 4) is 0 Å². The zero-order valence-corrected chi connectivity index (χ0v) is 11.8. The number of likely N-dealkylation sites (tertiary alicyclic amines) is 1. The van der Waals surface area contributed by atoms with Gasteiger partial charge in [0.1, 0.15) is 0 Å². The molecule has 1 fully saturated rings. The Labute approximate surface area is 111 Å². The van der Waals surface area contributed by atoms with Gasteiger partial charge >= 0.3 is 0 Å². The maximum atomic E-state index is 6.24. The molecule has 1 aromatic rings. The van der Waals surface area contributed by atoms with Crippen LogP contribution in [-0.2, 0) is 0 Å². The van der Waals surface area contributed by atoms with Crippen molar-refractivity contribution >= 4 is 0 Å². The lowest BCUT2D eigenvalue weighted by Gasteiger charge is -2.42. The molecule has 0 spiro atoms. The minimum absolute atomic E-state index is 0.174. The van der Waals surface area contributed by atoms with Gasteiger partial charge in [-0.3, -0.25) is 4.90 Å². The van der Waals surface area contributed by atoms with Crippen LogP contribution in [0.25, 0.3) is 0 Å². The van der Waals surface area contributed by atoms with Gasteiger partial charge in [-0.15, -0.1) is 0 Å². The number of benzene rings is 1. The first-order chi connectivity index (χ1) is 8.59. The van der Waals surface area contributed by atoms with Crippen LogP contribution in [0.3, 0.4) is 0 Å². The summed E-state index contributed by atoms with van der Waals surface area (Å²) in [5, 5.41) is 0. The van der Waals surface area contributed by atoms with E-state index < -0.39 is 0 Å². The molecular weight excluding hydrogens is 220 g/mol. The lowest BCUT2D eigenvalue weighted by molar-refractivity contribution is 0.0851. The lowest BCUT2D eigenvalue weighted by Crippen LogP contribution is -2.46. The second-order valence-corrected chi connectivity index (χ2v) is 5.95. The van der Waals surface area contributed by atoms with Crippen LogP contribution in [0.1, 0.15) is 38.8 Å². The van der Waals surface area contributed by atoms with E-state index in [1.54, 1.807) is 0 Å². The predicted octanol–water partition coefficient (Wildman–Crippen LogP) is 3.05. The van der Waals surface area contributed by atoms with Crippen molar-refractivity contribution in [3.63, 3.8) is 0 Å². The van der Waals surface area contributed by atoms with Crippen molar-refractivity contribution in [3.05, 3.63) is 35.9 Å². The first-order valence-corrected chi connectivity index (χ1v) is 7.14. The molecule has 2 rings (SSSR count). The Morgan fingerprint density at radius 1 is 1.17 bits per heavy atom. The van der Waals surface area contributed by atoms with Gasteiger partial charge in [-0.25, -0.2) is 0 Å². The van der Waals surface area contributed by atoms with E-state index in [-0.39, 0.29) is 6.04 Å². The fourth-order valence-corrected chi connectivity index (χ4v) is 3.04. The molecule has 1 aliphatic heterocycles. The fraction of sp³-hybridized carbons (Fsp3) is 0.625. The largest absolute Gasteiger partial charge is 0.326 e. The molecule has 4 atom stereocenters. The highest BCUT2D eigenvalue weighted by Crippen LogP contribution is 2.31. The Hall–Kier alpha value is -0.860. The Kier molecular flexibility index (Phi) is 4.41. The molecule has 1 saturated heterocycles. The number of hydrogen-bond donors (Lipinski definition) is 1. The molecule has 0 amide bonds. The summed E-state index contributed by atoms with van der Waals surface area (Å²) in [5.74, 6) is 1.61. The molecule has 100 valence electrons. The maximum absolute atomic E-state index is 6.24. The zero-order chi connectivity index (χ0) is 13.1. The molecule has 0 bridgehead atoms. The molecule has 0 saturated carbocycles. The number of nitrogens with zero attached hydrogens (tertiary/aromatic N) is 1. The third kappa shape index (κ3) is 2.93. The standard InChI is InChI=1S/C16H26N2/c1-12-9-10-18(11-13(12)2)16(14(3)17)15-7-5-4-6-8-15/h4-8,12-14,16H,9-11,17H2,1-3H3. The summed E-state index contributed by atoms with van der Waals surface area (Å²) in [7, 11) is 0. The molecule has 2 nitrogen and oxygen atoms in total. The SMILES string of the molecule is CC(N)C(c1ccccc1)N1CCC(C)C(C)C1. The van der Waals surface area contributed by atoms with Gasteiger partial charge in [0.15, 0.2) is 0 Å². The van der Waals surface area contributed by atoms with Crippen LogP contribution in [0.5, 0.6) is 0 Å². The quantitative estimate of drug-likeness (QED) is 0.888. The summed E-state index contributed by atoms with van der Waals surface area (Å²) < 4.78 is 0. The van der Waals surface area contributed by atoms with Gasteiger partial charge in [-0.2, -0.15) is 0 Å². The highest BCUT2D eigenvalue weighted by molar-refractivity contribution is 5.20. The Bertz CT molecular complexity index is 361. The van der Waals surface area contributed by atoms with E-state index >= 15 is 0 Å². The van der Waals surface area contributed by atoms with Crippen LogP contribution in [-0.4, -0.2) is 24.0 Å². The van der Waals surface area contributed by atoms with Gasteiger partial charge in [0.25, 0.3) is 0 Å². The Morgan fingerprint density at radius 2 is 1.83 bits per heavy atom. The van der Waals surface area contributed by atoms with Crippen molar-refractivity contribution in [2.24, 2.45) is 17.6 Å². The smallest absolute Gasteiger partial charge is 0.0496 e. The lowest BCUT2D eigenvalue weighted by atomic mass is 9.86. The number of rotatable bonds is 3. The highest BCUT2D eigenvalue weighted by atomic mass is 15.2. The summed E-state index contributed by atoms with van der Waals surface area (Å²) >= 11 is 0. The molecule has 1 aliphatic rings. The minimum Gasteiger partial charge on any atom is -0.326 e. The normalized spacial score (nSPS) is 28.9.